The van der Waals surface area contributed by atoms with Gasteiger partial charge < -0.3 is 15.0 Å². The molecule has 0 fully saturated rings. The molecule has 18 heavy (non-hydrogen) atoms. The van der Waals surface area contributed by atoms with Crippen molar-refractivity contribution in [3.8, 4) is 5.75 Å². The van der Waals surface area contributed by atoms with E-state index in [0.29, 0.717) is 6.42 Å². The second kappa shape index (κ2) is 7.64. The molecule has 1 aromatic carbocycles. The van der Waals surface area contributed by atoms with E-state index in [9.17, 15) is 13.2 Å². The molecule has 0 aromatic heterocycles. The van der Waals surface area contributed by atoms with Gasteiger partial charge >= 0.3 is 16.4 Å². The summed E-state index contributed by atoms with van der Waals surface area (Å²) in [5, 5.41) is 8.06. The summed E-state index contributed by atoms with van der Waals surface area (Å²) in [6.45, 7) is 1.73. The average molecular weight is 277 g/mol. The Morgan fingerprint density at radius 1 is 1.39 bits per heavy atom. The largest absolute Gasteiger partial charge is 0.480 e. The average Bonchev–Trinajstić information content (AvgIpc) is 2.27. The van der Waals surface area contributed by atoms with Crippen LogP contribution in [-0.2, 0) is 15.2 Å². The molecule has 8 heteroatoms. The summed E-state index contributed by atoms with van der Waals surface area (Å²) in [6, 6.07) is 7.07. The van der Waals surface area contributed by atoms with Crippen LogP contribution in [0, 0.1) is 0 Å². The van der Waals surface area contributed by atoms with Gasteiger partial charge in [-0.05, 0) is 18.6 Å². The first-order valence-electron chi connectivity index (χ1n) is 4.96. The predicted molar refractivity (Wildman–Crippen MR) is 64.5 cm³/mol. The van der Waals surface area contributed by atoms with Crippen molar-refractivity contribution < 1.29 is 27.1 Å². The van der Waals surface area contributed by atoms with E-state index in [-0.39, 0.29) is 5.75 Å². The highest BCUT2D eigenvalue weighted by molar-refractivity contribution is 7.81. The van der Waals surface area contributed by atoms with Crippen LogP contribution in [0.3, 0.4) is 0 Å². The second-order valence-corrected chi connectivity index (χ2v) is 4.20. The zero-order chi connectivity index (χ0) is 14.2. The van der Waals surface area contributed by atoms with Gasteiger partial charge in [0.05, 0.1) is 0 Å². The Hall–Kier alpha value is -1.64. The summed E-state index contributed by atoms with van der Waals surface area (Å²) in [4.78, 5) is 9.81. The standard InChI is InChI=1S/C6H6O4S.C4H9NO2/c7-11(8,9)10-6-4-2-1-3-5-6;1-2-3(5)4(6)7/h1-5H,(H,7,8,9);3H,2,5H2,1H3,(H,6,7)/t;3-/m.0/s1. The zero-order valence-corrected chi connectivity index (χ0v) is 10.5. The summed E-state index contributed by atoms with van der Waals surface area (Å²) in [5.74, 6) is -0.836. The number of aliphatic carboxylic acids is 1. The fourth-order valence-electron chi connectivity index (χ4n) is 0.772. The number of carbonyl (C=O) groups is 1. The Kier molecular flexibility index (Phi) is 6.94. The Morgan fingerprint density at radius 2 is 1.89 bits per heavy atom. The third-order valence-electron chi connectivity index (χ3n) is 1.70. The van der Waals surface area contributed by atoms with Gasteiger partial charge in [-0.15, -0.1) is 0 Å². The lowest BCUT2D eigenvalue weighted by Gasteiger charge is -1.98. The van der Waals surface area contributed by atoms with E-state index in [1.807, 2.05) is 0 Å². The first kappa shape index (κ1) is 16.4. The first-order chi connectivity index (χ1) is 8.26. The van der Waals surface area contributed by atoms with Gasteiger partial charge in [0.15, 0.2) is 0 Å². The van der Waals surface area contributed by atoms with E-state index in [2.05, 4.69) is 4.18 Å². The zero-order valence-electron chi connectivity index (χ0n) is 9.68. The van der Waals surface area contributed by atoms with Crippen LogP contribution in [0.1, 0.15) is 13.3 Å². The number of carboxylic acid groups (broad SMARTS) is 1. The molecule has 0 heterocycles. The van der Waals surface area contributed by atoms with Crippen LogP contribution in [-0.4, -0.2) is 30.1 Å². The molecule has 0 unspecified atom stereocenters. The van der Waals surface area contributed by atoms with Crippen LogP contribution in [0.2, 0.25) is 0 Å². The van der Waals surface area contributed by atoms with Crippen molar-refractivity contribution in [2.24, 2.45) is 5.73 Å². The maximum atomic E-state index is 10.1. The van der Waals surface area contributed by atoms with Gasteiger partial charge in [-0.1, -0.05) is 25.1 Å². The van der Waals surface area contributed by atoms with E-state index in [4.69, 9.17) is 15.4 Å². The minimum atomic E-state index is -4.38. The minimum Gasteiger partial charge on any atom is -0.480 e. The Labute approximate surface area is 105 Å². The van der Waals surface area contributed by atoms with E-state index < -0.39 is 22.4 Å². The number of benzene rings is 1. The number of para-hydroxylation sites is 1. The number of nitrogens with two attached hydrogens (primary N) is 1. The highest BCUT2D eigenvalue weighted by Crippen LogP contribution is 2.09. The van der Waals surface area contributed by atoms with Crippen molar-refractivity contribution in [1.82, 2.24) is 0 Å². The highest BCUT2D eigenvalue weighted by atomic mass is 32.3. The number of hydrogen-bond acceptors (Lipinski definition) is 5. The molecule has 0 aliphatic carbocycles. The Bertz CT molecular complexity index is 459. The fraction of sp³-hybridized carbons (Fsp3) is 0.300. The molecule has 102 valence electrons. The molecule has 0 amide bonds. The third kappa shape index (κ3) is 8.50. The first-order valence-corrected chi connectivity index (χ1v) is 6.33. The molecule has 1 rings (SSSR count). The Morgan fingerprint density at radius 3 is 2.17 bits per heavy atom. The molecule has 0 saturated carbocycles. The van der Waals surface area contributed by atoms with Crippen LogP contribution in [0.25, 0.3) is 0 Å². The molecule has 7 nitrogen and oxygen atoms in total. The molecule has 0 spiro atoms. The van der Waals surface area contributed by atoms with Crippen LogP contribution in [0.5, 0.6) is 5.75 Å². The Balaban J connectivity index is 0.000000360. The van der Waals surface area contributed by atoms with E-state index >= 15 is 0 Å². The third-order valence-corrected chi connectivity index (χ3v) is 2.10. The molecule has 0 saturated heterocycles. The molecule has 0 aliphatic heterocycles. The summed E-state index contributed by atoms with van der Waals surface area (Å²) >= 11 is 0. The van der Waals surface area contributed by atoms with Gasteiger partial charge in [0.25, 0.3) is 0 Å². The normalized spacial score (nSPS) is 11.9. The SMILES string of the molecule is CC[C@H](N)C(=O)O.O=S(=O)(O)Oc1ccccc1. The number of carboxylic acids is 1. The molecule has 1 atom stereocenters. The molecule has 0 radical (unpaired) electrons. The molecule has 0 bridgehead atoms. The topological polar surface area (TPSA) is 127 Å². The van der Waals surface area contributed by atoms with Crippen LogP contribution in [0.15, 0.2) is 30.3 Å². The van der Waals surface area contributed by atoms with Crippen LogP contribution in [0.4, 0.5) is 0 Å². The number of hydrogen-bond donors (Lipinski definition) is 3. The monoisotopic (exact) mass is 277 g/mol. The van der Waals surface area contributed by atoms with Gasteiger partial charge in [0.1, 0.15) is 11.8 Å². The summed E-state index contributed by atoms with van der Waals surface area (Å²) in [6.07, 6.45) is 0.495. The van der Waals surface area contributed by atoms with Gasteiger partial charge in [-0.25, -0.2) is 0 Å². The van der Waals surface area contributed by atoms with Crippen LogP contribution >= 0.6 is 0 Å². The lowest BCUT2D eigenvalue weighted by molar-refractivity contribution is -0.138. The predicted octanol–water partition coefficient (Wildman–Crippen LogP) is 0.676. The molecular weight excluding hydrogens is 262 g/mol. The number of rotatable bonds is 4. The second-order valence-electron chi connectivity index (χ2n) is 3.18. The van der Waals surface area contributed by atoms with Crippen molar-refractivity contribution in [3.63, 3.8) is 0 Å². The summed E-state index contributed by atoms with van der Waals surface area (Å²) < 4.78 is 32.6. The van der Waals surface area contributed by atoms with Gasteiger partial charge in [-0.2, -0.15) is 8.42 Å². The maximum absolute atomic E-state index is 10.1. The molecule has 0 aliphatic rings. The van der Waals surface area contributed by atoms with Crippen molar-refractivity contribution >= 4 is 16.4 Å². The van der Waals surface area contributed by atoms with Crippen molar-refractivity contribution in [3.05, 3.63) is 30.3 Å². The van der Waals surface area contributed by atoms with E-state index in [0.717, 1.165) is 0 Å². The van der Waals surface area contributed by atoms with E-state index in [1.165, 1.54) is 12.1 Å². The lowest BCUT2D eigenvalue weighted by Crippen LogP contribution is -2.28. The maximum Gasteiger partial charge on any atom is 0.446 e. The summed E-state index contributed by atoms with van der Waals surface area (Å²) in [7, 11) is -4.38. The minimum absolute atomic E-state index is 0.0926. The lowest BCUT2D eigenvalue weighted by atomic mass is 10.2. The van der Waals surface area contributed by atoms with Gasteiger partial charge in [-0.3, -0.25) is 9.35 Å². The van der Waals surface area contributed by atoms with Crippen molar-refractivity contribution in [1.29, 1.82) is 0 Å². The van der Waals surface area contributed by atoms with Crippen molar-refractivity contribution in [2.45, 2.75) is 19.4 Å². The van der Waals surface area contributed by atoms with E-state index in [1.54, 1.807) is 25.1 Å². The fourth-order valence-corrected chi connectivity index (χ4v) is 1.13. The van der Waals surface area contributed by atoms with Crippen LogP contribution < -0.4 is 9.92 Å². The quantitative estimate of drug-likeness (QED) is 0.690. The summed E-state index contributed by atoms with van der Waals surface area (Å²) in [5.41, 5.74) is 5.02. The molecule has 1 aromatic rings. The van der Waals surface area contributed by atoms with Gasteiger partial charge in [0.2, 0.25) is 0 Å². The smallest absolute Gasteiger partial charge is 0.446 e. The van der Waals surface area contributed by atoms with Crippen molar-refractivity contribution in [2.75, 3.05) is 0 Å². The highest BCUT2D eigenvalue weighted by Gasteiger charge is 2.05. The molecule has 4 N–H and O–H groups in total. The molecular formula is C10H15NO6S. The van der Waals surface area contributed by atoms with Gasteiger partial charge in [0, 0.05) is 0 Å².